The van der Waals surface area contributed by atoms with Gasteiger partial charge in [0.25, 0.3) is 0 Å². The number of aromatic nitrogens is 1. The number of anilines is 1. The Morgan fingerprint density at radius 2 is 2.15 bits per heavy atom. The van der Waals surface area contributed by atoms with Crippen LogP contribution in [0.3, 0.4) is 0 Å². The molecule has 1 aliphatic rings. The lowest BCUT2D eigenvalue weighted by Crippen LogP contribution is -2.20. The number of nitrogens with zero attached hydrogens (tertiary/aromatic N) is 1. The molecule has 0 atom stereocenters. The van der Waals surface area contributed by atoms with Gasteiger partial charge in [-0.05, 0) is 37.5 Å². The second-order valence-corrected chi connectivity index (χ2v) is 6.58. The summed E-state index contributed by atoms with van der Waals surface area (Å²) in [6.45, 7) is 3.72. The van der Waals surface area contributed by atoms with Crippen molar-refractivity contribution in [3.05, 3.63) is 23.8 Å². The van der Waals surface area contributed by atoms with E-state index in [0.717, 1.165) is 23.8 Å². The Labute approximate surface area is 124 Å². The third kappa shape index (κ3) is 3.49. The van der Waals surface area contributed by atoms with Crippen LogP contribution in [0.5, 0.6) is 0 Å². The Balaban J connectivity index is 1.47. The van der Waals surface area contributed by atoms with E-state index in [4.69, 9.17) is 4.74 Å². The van der Waals surface area contributed by atoms with E-state index >= 15 is 0 Å². The van der Waals surface area contributed by atoms with Gasteiger partial charge in [-0.2, -0.15) is 0 Å². The van der Waals surface area contributed by atoms with Crippen LogP contribution in [-0.2, 0) is 4.74 Å². The van der Waals surface area contributed by atoms with Crippen LogP contribution in [0.4, 0.5) is 5.13 Å². The van der Waals surface area contributed by atoms with Crippen molar-refractivity contribution in [2.24, 2.45) is 0 Å². The van der Waals surface area contributed by atoms with Gasteiger partial charge in [0.15, 0.2) is 5.13 Å². The smallest absolute Gasteiger partial charge is 0.183 e. The summed E-state index contributed by atoms with van der Waals surface area (Å²) in [5.74, 6) is 0. The van der Waals surface area contributed by atoms with E-state index in [1.165, 1.54) is 42.4 Å². The molecule has 0 radical (unpaired) electrons. The third-order valence-electron chi connectivity index (χ3n) is 3.83. The summed E-state index contributed by atoms with van der Waals surface area (Å²) < 4.78 is 7.15. The average molecular weight is 290 g/mol. The molecule has 0 unspecified atom stereocenters. The highest BCUT2D eigenvalue weighted by Crippen LogP contribution is 2.26. The number of thiazole rings is 1. The molecular weight excluding hydrogens is 268 g/mol. The van der Waals surface area contributed by atoms with Crippen molar-refractivity contribution >= 4 is 26.7 Å². The molecule has 0 spiro atoms. The summed E-state index contributed by atoms with van der Waals surface area (Å²) in [5, 5.41) is 4.37. The summed E-state index contributed by atoms with van der Waals surface area (Å²) >= 11 is 1.71. The monoisotopic (exact) mass is 290 g/mol. The second kappa shape index (κ2) is 6.55. The molecular formula is C16H22N2OS. The molecule has 1 aromatic heterocycles. The maximum atomic E-state index is 5.91. The van der Waals surface area contributed by atoms with Crippen molar-refractivity contribution in [1.29, 1.82) is 0 Å². The van der Waals surface area contributed by atoms with Gasteiger partial charge in [-0.25, -0.2) is 4.98 Å². The first kappa shape index (κ1) is 13.8. The number of rotatable bonds is 5. The van der Waals surface area contributed by atoms with Gasteiger partial charge in [0.2, 0.25) is 0 Å². The minimum Gasteiger partial charge on any atom is -0.376 e. The number of nitrogens with one attached hydrogen (secondary N) is 1. The SMILES string of the molecule is Cc1ccc2sc(NCCOC3CCCCC3)nc2c1. The van der Waals surface area contributed by atoms with E-state index in [1.807, 2.05) is 0 Å². The molecule has 0 bridgehead atoms. The summed E-state index contributed by atoms with van der Waals surface area (Å²) in [6.07, 6.45) is 7.00. The third-order valence-corrected chi connectivity index (χ3v) is 4.82. The van der Waals surface area contributed by atoms with Crippen LogP contribution >= 0.6 is 11.3 Å². The van der Waals surface area contributed by atoms with Crippen LogP contribution in [0.25, 0.3) is 10.2 Å². The van der Waals surface area contributed by atoms with Crippen LogP contribution in [-0.4, -0.2) is 24.2 Å². The van der Waals surface area contributed by atoms with Crippen molar-refractivity contribution in [3.8, 4) is 0 Å². The topological polar surface area (TPSA) is 34.1 Å². The molecule has 0 aliphatic heterocycles. The molecule has 3 rings (SSSR count). The Morgan fingerprint density at radius 3 is 3.00 bits per heavy atom. The standard InChI is InChI=1S/C16H22N2OS/c1-12-7-8-15-14(11-12)18-16(20-15)17-9-10-19-13-5-3-2-4-6-13/h7-8,11,13H,2-6,9-10H2,1H3,(H,17,18). The van der Waals surface area contributed by atoms with Crippen molar-refractivity contribution in [2.45, 2.75) is 45.1 Å². The molecule has 1 aliphatic carbocycles. The summed E-state index contributed by atoms with van der Waals surface area (Å²) in [6, 6.07) is 6.41. The molecule has 1 saturated carbocycles. The van der Waals surface area contributed by atoms with Gasteiger partial charge in [-0.1, -0.05) is 36.7 Å². The van der Waals surface area contributed by atoms with Crippen LogP contribution in [0.1, 0.15) is 37.7 Å². The normalized spacial score (nSPS) is 16.6. The van der Waals surface area contributed by atoms with Crippen molar-refractivity contribution < 1.29 is 4.74 Å². The highest BCUT2D eigenvalue weighted by atomic mass is 32.1. The lowest BCUT2D eigenvalue weighted by molar-refractivity contribution is 0.0347. The zero-order valence-corrected chi connectivity index (χ0v) is 12.8. The van der Waals surface area contributed by atoms with E-state index in [-0.39, 0.29) is 0 Å². The zero-order valence-electron chi connectivity index (χ0n) is 12.0. The number of fused-ring (bicyclic) bond motifs is 1. The minimum atomic E-state index is 0.489. The molecule has 1 N–H and O–H groups in total. The highest BCUT2D eigenvalue weighted by molar-refractivity contribution is 7.22. The van der Waals surface area contributed by atoms with Gasteiger partial charge in [0.1, 0.15) is 0 Å². The molecule has 1 aromatic carbocycles. The van der Waals surface area contributed by atoms with E-state index in [2.05, 4.69) is 35.4 Å². The summed E-state index contributed by atoms with van der Waals surface area (Å²) in [4.78, 5) is 4.61. The molecule has 1 fully saturated rings. The van der Waals surface area contributed by atoms with Crippen LogP contribution in [0.15, 0.2) is 18.2 Å². The van der Waals surface area contributed by atoms with Crippen LogP contribution in [0, 0.1) is 6.92 Å². The fourth-order valence-corrected chi connectivity index (χ4v) is 3.60. The first-order valence-electron chi connectivity index (χ1n) is 7.54. The summed E-state index contributed by atoms with van der Waals surface area (Å²) in [5.41, 5.74) is 2.35. The average Bonchev–Trinajstić information content (AvgIpc) is 2.86. The molecule has 0 saturated heterocycles. The van der Waals surface area contributed by atoms with Gasteiger partial charge >= 0.3 is 0 Å². The van der Waals surface area contributed by atoms with Gasteiger partial charge < -0.3 is 10.1 Å². The molecule has 2 aromatic rings. The fourth-order valence-electron chi connectivity index (χ4n) is 2.73. The van der Waals surface area contributed by atoms with Gasteiger partial charge in [-0.3, -0.25) is 0 Å². The van der Waals surface area contributed by atoms with E-state index < -0.39 is 0 Å². The number of hydrogen-bond donors (Lipinski definition) is 1. The minimum absolute atomic E-state index is 0.489. The number of aryl methyl sites for hydroxylation is 1. The van der Waals surface area contributed by atoms with Gasteiger partial charge in [0, 0.05) is 6.54 Å². The predicted octanol–water partition coefficient (Wildman–Crippen LogP) is 4.37. The number of ether oxygens (including phenoxy) is 1. The number of hydrogen-bond acceptors (Lipinski definition) is 4. The lowest BCUT2D eigenvalue weighted by atomic mass is 9.98. The van der Waals surface area contributed by atoms with Gasteiger partial charge in [-0.15, -0.1) is 0 Å². The molecule has 108 valence electrons. The number of benzene rings is 1. The Kier molecular flexibility index (Phi) is 4.53. The Bertz CT molecular complexity index is 561. The van der Waals surface area contributed by atoms with Crippen LogP contribution in [0.2, 0.25) is 0 Å². The predicted molar refractivity (Wildman–Crippen MR) is 85.7 cm³/mol. The molecule has 3 nitrogen and oxygen atoms in total. The van der Waals surface area contributed by atoms with Gasteiger partial charge in [0.05, 0.1) is 22.9 Å². The van der Waals surface area contributed by atoms with Crippen molar-refractivity contribution in [3.63, 3.8) is 0 Å². The van der Waals surface area contributed by atoms with E-state index in [9.17, 15) is 0 Å². The van der Waals surface area contributed by atoms with Crippen molar-refractivity contribution in [1.82, 2.24) is 4.98 Å². The van der Waals surface area contributed by atoms with E-state index in [1.54, 1.807) is 11.3 Å². The lowest BCUT2D eigenvalue weighted by Gasteiger charge is -2.21. The first-order chi connectivity index (χ1) is 9.81. The summed E-state index contributed by atoms with van der Waals surface area (Å²) in [7, 11) is 0. The van der Waals surface area contributed by atoms with Crippen LogP contribution < -0.4 is 5.32 Å². The zero-order chi connectivity index (χ0) is 13.8. The van der Waals surface area contributed by atoms with Crippen molar-refractivity contribution in [2.75, 3.05) is 18.5 Å². The molecule has 0 amide bonds. The maximum absolute atomic E-state index is 5.91. The molecule has 4 heteroatoms. The van der Waals surface area contributed by atoms with E-state index in [0.29, 0.717) is 6.10 Å². The Hall–Kier alpha value is -1.13. The molecule has 20 heavy (non-hydrogen) atoms. The quantitative estimate of drug-likeness (QED) is 0.830. The Morgan fingerprint density at radius 1 is 1.30 bits per heavy atom. The fraction of sp³-hybridized carbons (Fsp3) is 0.562. The molecule has 1 heterocycles. The highest BCUT2D eigenvalue weighted by Gasteiger charge is 2.13. The largest absolute Gasteiger partial charge is 0.376 e. The maximum Gasteiger partial charge on any atom is 0.183 e. The first-order valence-corrected chi connectivity index (χ1v) is 8.35. The second-order valence-electron chi connectivity index (χ2n) is 5.55.